The highest BCUT2D eigenvalue weighted by atomic mass is 16.5. The van der Waals surface area contributed by atoms with Gasteiger partial charge in [-0.2, -0.15) is 0 Å². The summed E-state index contributed by atoms with van der Waals surface area (Å²) in [6.07, 6.45) is 0. The van der Waals surface area contributed by atoms with Crippen LogP contribution in [0.25, 0.3) is 0 Å². The summed E-state index contributed by atoms with van der Waals surface area (Å²) in [5, 5.41) is 2.62. The molecular weight excluding hydrogens is 352 g/mol. The highest BCUT2D eigenvalue weighted by molar-refractivity contribution is 5.87. The molecule has 0 aromatic heterocycles. The minimum atomic E-state index is -0.595. The molecule has 0 aliphatic rings. The number of hydrogen-bond acceptors (Lipinski definition) is 3. The van der Waals surface area contributed by atoms with Gasteiger partial charge in [-0.15, -0.1) is 0 Å². The van der Waals surface area contributed by atoms with Crippen LogP contribution < -0.4 is 10.1 Å². The molecule has 0 saturated heterocycles. The van der Waals surface area contributed by atoms with Gasteiger partial charge in [0.25, 0.3) is 5.91 Å². The number of carbonyl (C=O) groups is 2. The Kier molecular flexibility index (Phi) is 7.61. The Hall–Kier alpha value is -2.82. The van der Waals surface area contributed by atoms with E-state index in [1.807, 2.05) is 55.5 Å². The smallest absolute Gasteiger partial charge is 0.261 e. The third kappa shape index (κ3) is 5.59. The fourth-order valence-corrected chi connectivity index (χ4v) is 3.11. The largest absolute Gasteiger partial charge is 0.483 e. The monoisotopic (exact) mass is 382 g/mol. The number of likely N-dealkylation sites (N-methyl/N-ethyl adjacent to an activating group) is 1. The van der Waals surface area contributed by atoms with Gasteiger partial charge in [-0.05, 0) is 37.0 Å². The summed E-state index contributed by atoms with van der Waals surface area (Å²) in [7, 11) is 1.57. The summed E-state index contributed by atoms with van der Waals surface area (Å²) < 4.78 is 5.84. The molecule has 150 valence electrons. The Morgan fingerprint density at radius 1 is 1.07 bits per heavy atom. The van der Waals surface area contributed by atoms with Gasteiger partial charge < -0.3 is 15.0 Å². The Labute approximate surface area is 167 Å². The van der Waals surface area contributed by atoms with E-state index in [1.54, 1.807) is 18.9 Å². The molecule has 0 aliphatic carbocycles. The van der Waals surface area contributed by atoms with E-state index in [9.17, 15) is 9.59 Å². The maximum atomic E-state index is 13.0. The van der Waals surface area contributed by atoms with Crippen molar-refractivity contribution in [2.45, 2.75) is 46.2 Å². The van der Waals surface area contributed by atoms with Crippen LogP contribution in [0.15, 0.2) is 48.5 Å². The first-order valence-corrected chi connectivity index (χ1v) is 9.61. The normalized spacial score (nSPS) is 11.8. The third-order valence-corrected chi connectivity index (χ3v) is 4.74. The zero-order valence-corrected chi connectivity index (χ0v) is 17.4. The average molecular weight is 383 g/mol. The molecular formula is C23H30N2O3. The minimum absolute atomic E-state index is 0.114. The fraction of sp³-hybridized carbons (Fsp3) is 0.391. The summed E-state index contributed by atoms with van der Waals surface area (Å²) in [5.41, 5.74) is 3.14. The third-order valence-electron chi connectivity index (χ3n) is 4.74. The summed E-state index contributed by atoms with van der Waals surface area (Å²) in [4.78, 5) is 26.7. The lowest BCUT2D eigenvalue weighted by atomic mass is 10.0. The van der Waals surface area contributed by atoms with E-state index in [4.69, 9.17) is 4.74 Å². The van der Waals surface area contributed by atoms with E-state index in [0.29, 0.717) is 18.2 Å². The van der Waals surface area contributed by atoms with Crippen molar-refractivity contribution in [2.75, 3.05) is 13.7 Å². The van der Waals surface area contributed by atoms with Crippen molar-refractivity contribution >= 4 is 11.8 Å². The molecule has 0 unspecified atom stereocenters. The molecule has 2 rings (SSSR count). The lowest BCUT2D eigenvalue weighted by Gasteiger charge is -2.28. The van der Waals surface area contributed by atoms with Crippen molar-refractivity contribution < 1.29 is 14.3 Å². The molecule has 2 aromatic carbocycles. The molecule has 2 amide bonds. The van der Waals surface area contributed by atoms with Crippen LogP contribution in [0.2, 0.25) is 0 Å². The van der Waals surface area contributed by atoms with Gasteiger partial charge in [0.2, 0.25) is 5.91 Å². The van der Waals surface area contributed by atoms with Gasteiger partial charge in [0.15, 0.2) is 6.61 Å². The molecule has 0 aliphatic heterocycles. The van der Waals surface area contributed by atoms with Crippen LogP contribution in [0, 0.1) is 6.92 Å². The molecule has 5 nitrogen and oxygen atoms in total. The molecule has 28 heavy (non-hydrogen) atoms. The Morgan fingerprint density at radius 2 is 1.79 bits per heavy atom. The number of nitrogens with zero attached hydrogens (tertiary/aromatic N) is 1. The van der Waals surface area contributed by atoms with E-state index in [1.165, 1.54) is 0 Å². The summed E-state index contributed by atoms with van der Waals surface area (Å²) in [5.74, 6) is 0.563. The topological polar surface area (TPSA) is 58.6 Å². The van der Waals surface area contributed by atoms with E-state index < -0.39 is 6.04 Å². The summed E-state index contributed by atoms with van der Waals surface area (Å²) in [6.45, 7) is 8.14. The Morgan fingerprint density at radius 3 is 2.43 bits per heavy atom. The van der Waals surface area contributed by atoms with Gasteiger partial charge in [-0.3, -0.25) is 9.59 Å². The number of hydrogen-bond donors (Lipinski definition) is 1. The summed E-state index contributed by atoms with van der Waals surface area (Å²) in [6, 6.07) is 15.1. The number of amides is 2. The quantitative estimate of drug-likeness (QED) is 0.758. The van der Waals surface area contributed by atoms with Crippen LogP contribution in [0.4, 0.5) is 0 Å². The maximum Gasteiger partial charge on any atom is 0.261 e. The molecule has 1 N–H and O–H groups in total. The molecule has 0 spiro atoms. The van der Waals surface area contributed by atoms with Crippen LogP contribution in [0.1, 0.15) is 43.4 Å². The van der Waals surface area contributed by atoms with Crippen LogP contribution in [-0.2, 0) is 16.1 Å². The van der Waals surface area contributed by atoms with Crippen LogP contribution >= 0.6 is 0 Å². The van der Waals surface area contributed by atoms with Crippen LogP contribution in [0.3, 0.4) is 0 Å². The van der Waals surface area contributed by atoms with Crippen molar-refractivity contribution in [2.24, 2.45) is 0 Å². The van der Waals surface area contributed by atoms with Gasteiger partial charge in [-0.1, -0.05) is 61.9 Å². The zero-order chi connectivity index (χ0) is 20.7. The first kappa shape index (κ1) is 21.5. The number of nitrogens with one attached hydrogen (secondary N) is 1. The molecule has 5 heteroatoms. The van der Waals surface area contributed by atoms with Crippen LogP contribution in [0.5, 0.6) is 5.75 Å². The van der Waals surface area contributed by atoms with E-state index >= 15 is 0 Å². The van der Waals surface area contributed by atoms with Gasteiger partial charge >= 0.3 is 0 Å². The highest BCUT2D eigenvalue weighted by Crippen LogP contribution is 2.26. The molecule has 0 heterocycles. The SMILES string of the molecule is CNC(=O)[C@H](C)N(Cc1cccc(C)c1)C(=O)COc1ccccc1C(C)C. The fourth-order valence-electron chi connectivity index (χ4n) is 3.11. The number of ether oxygens (including phenoxy) is 1. The molecule has 1 atom stereocenters. The van der Waals surface area contributed by atoms with Gasteiger partial charge in [0.05, 0.1) is 0 Å². The molecule has 0 fully saturated rings. The molecule has 2 aromatic rings. The number of carbonyl (C=O) groups excluding carboxylic acids is 2. The predicted octanol–water partition coefficient (Wildman–Crippen LogP) is 3.66. The zero-order valence-electron chi connectivity index (χ0n) is 17.4. The number of benzene rings is 2. The minimum Gasteiger partial charge on any atom is -0.483 e. The van der Waals surface area contributed by atoms with Crippen molar-refractivity contribution in [1.82, 2.24) is 10.2 Å². The second kappa shape index (κ2) is 9.93. The van der Waals surface area contributed by atoms with Crippen LogP contribution in [-0.4, -0.2) is 36.4 Å². The van der Waals surface area contributed by atoms with Crippen molar-refractivity contribution in [1.29, 1.82) is 0 Å². The van der Waals surface area contributed by atoms with E-state index in [2.05, 4.69) is 19.2 Å². The second-order valence-corrected chi connectivity index (χ2v) is 7.28. The standard InChI is InChI=1S/C23H30N2O3/c1-16(2)20-11-6-7-12-21(20)28-15-22(26)25(18(4)23(27)24-5)14-19-10-8-9-17(3)13-19/h6-13,16,18H,14-15H2,1-5H3,(H,24,27)/t18-/m0/s1. The number of aryl methyl sites for hydroxylation is 1. The van der Waals surface area contributed by atoms with Crippen molar-refractivity contribution in [3.05, 3.63) is 65.2 Å². The van der Waals surface area contributed by atoms with E-state index in [0.717, 1.165) is 16.7 Å². The Bertz CT molecular complexity index is 817. The van der Waals surface area contributed by atoms with Crippen molar-refractivity contribution in [3.8, 4) is 5.75 Å². The predicted molar refractivity (Wildman–Crippen MR) is 111 cm³/mol. The first-order chi connectivity index (χ1) is 13.3. The van der Waals surface area contributed by atoms with Crippen molar-refractivity contribution in [3.63, 3.8) is 0 Å². The first-order valence-electron chi connectivity index (χ1n) is 9.61. The van der Waals surface area contributed by atoms with Gasteiger partial charge in [0.1, 0.15) is 11.8 Å². The maximum absolute atomic E-state index is 13.0. The molecule has 0 bridgehead atoms. The van der Waals surface area contributed by atoms with Gasteiger partial charge in [0, 0.05) is 13.6 Å². The lowest BCUT2D eigenvalue weighted by Crippen LogP contribution is -2.48. The van der Waals surface area contributed by atoms with Gasteiger partial charge in [-0.25, -0.2) is 0 Å². The number of para-hydroxylation sites is 1. The van der Waals surface area contributed by atoms with E-state index in [-0.39, 0.29) is 18.4 Å². The highest BCUT2D eigenvalue weighted by Gasteiger charge is 2.26. The second-order valence-electron chi connectivity index (χ2n) is 7.28. The Balaban J connectivity index is 2.18. The molecule has 0 saturated carbocycles. The number of rotatable bonds is 8. The summed E-state index contributed by atoms with van der Waals surface area (Å²) >= 11 is 0. The molecule has 0 radical (unpaired) electrons. The lowest BCUT2D eigenvalue weighted by molar-refractivity contribution is -0.142. The average Bonchev–Trinajstić information content (AvgIpc) is 2.69.